The Hall–Kier alpha value is -1.07. The molecule has 1 aromatic carbocycles. The number of hydrogen-bond donors (Lipinski definition) is 1. The van der Waals surface area contributed by atoms with E-state index in [0.717, 1.165) is 4.47 Å². The van der Waals surface area contributed by atoms with Crippen LogP contribution in [0.25, 0.3) is 0 Å². The lowest BCUT2D eigenvalue weighted by Crippen LogP contribution is -2.09. The number of halogens is 1. The number of Topliss-reactive ketones (excluding diaryl/α,β-unsaturated/α-hetero) is 1. The Morgan fingerprint density at radius 2 is 2.12 bits per heavy atom. The predicted octanol–water partition coefficient (Wildman–Crippen LogP) is 2.26. The third-order valence-electron chi connectivity index (χ3n) is 2.00. The molecule has 2 N–H and O–H groups in total. The Morgan fingerprint density at radius 3 is 2.69 bits per heavy atom. The van der Waals surface area contributed by atoms with Crippen LogP contribution in [0.3, 0.4) is 0 Å². The second kappa shape index (κ2) is 5.86. The largest absolute Gasteiger partial charge is 0.488 e. The van der Waals surface area contributed by atoms with Gasteiger partial charge in [0.05, 0.1) is 17.9 Å². The maximum absolute atomic E-state index is 11.4. The summed E-state index contributed by atoms with van der Waals surface area (Å²) >= 11 is 3.28. The SMILES string of the molecule is COCCOc1c(N)cc(Br)cc1C(C)=O. The number of methoxy groups -OCH3 is 1. The molecule has 0 aliphatic carbocycles. The van der Waals surface area contributed by atoms with Crippen LogP contribution < -0.4 is 10.5 Å². The van der Waals surface area contributed by atoms with Crippen LogP contribution in [-0.2, 0) is 4.74 Å². The van der Waals surface area contributed by atoms with E-state index in [1.807, 2.05) is 0 Å². The summed E-state index contributed by atoms with van der Waals surface area (Å²) in [5.41, 5.74) is 6.71. The van der Waals surface area contributed by atoms with Crippen LogP contribution in [0.2, 0.25) is 0 Å². The molecule has 0 fully saturated rings. The van der Waals surface area contributed by atoms with Crippen molar-refractivity contribution < 1.29 is 14.3 Å². The van der Waals surface area contributed by atoms with Gasteiger partial charge in [-0.1, -0.05) is 15.9 Å². The fourth-order valence-corrected chi connectivity index (χ4v) is 1.74. The zero-order chi connectivity index (χ0) is 12.1. The number of anilines is 1. The van der Waals surface area contributed by atoms with E-state index in [0.29, 0.717) is 30.2 Å². The molecule has 0 aliphatic rings. The quantitative estimate of drug-likeness (QED) is 0.513. The first-order chi connectivity index (χ1) is 7.56. The minimum atomic E-state index is -0.0829. The Kier molecular flexibility index (Phi) is 4.76. The number of carbonyl (C=O) groups excluding carboxylic acids is 1. The second-order valence-electron chi connectivity index (χ2n) is 3.27. The fourth-order valence-electron chi connectivity index (χ4n) is 1.26. The minimum Gasteiger partial charge on any atom is -0.488 e. The van der Waals surface area contributed by atoms with E-state index in [1.54, 1.807) is 19.2 Å². The molecule has 0 spiro atoms. The van der Waals surface area contributed by atoms with Crippen molar-refractivity contribution in [3.8, 4) is 5.75 Å². The lowest BCUT2D eigenvalue weighted by Gasteiger charge is -2.12. The first kappa shape index (κ1) is 13.0. The van der Waals surface area contributed by atoms with Crippen LogP contribution in [0.5, 0.6) is 5.75 Å². The molecule has 0 aromatic heterocycles. The van der Waals surface area contributed by atoms with Gasteiger partial charge in [-0.25, -0.2) is 0 Å². The molecule has 1 aromatic rings. The summed E-state index contributed by atoms with van der Waals surface area (Å²) < 4.78 is 11.1. The van der Waals surface area contributed by atoms with E-state index >= 15 is 0 Å². The maximum atomic E-state index is 11.4. The highest BCUT2D eigenvalue weighted by molar-refractivity contribution is 9.10. The Morgan fingerprint density at radius 1 is 1.44 bits per heavy atom. The lowest BCUT2D eigenvalue weighted by molar-refractivity contribution is 0.101. The molecule has 0 amide bonds. The van der Waals surface area contributed by atoms with E-state index in [1.165, 1.54) is 6.92 Å². The topological polar surface area (TPSA) is 61.6 Å². The number of ketones is 1. The van der Waals surface area contributed by atoms with Crippen molar-refractivity contribution in [3.05, 3.63) is 22.2 Å². The highest BCUT2D eigenvalue weighted by Gasteiger charge is 2.13. The van der Waals surface area contributed by atoms with Crippen molar-refractivity contribution >= 4 is 27.4 Å². The van der Waals surface area contributed by atoms with Gasteiger partial charge in [0.25, 0.3) is 0 Å². The zero-order valence-corrected chi connectivity index (χ0v) is 10.8. The molecule has 0 bridgehead atoms. The smallest absolute Gasteiger partial charge is 0.163 e. The summed E-state index contributed by atoms with van der Waals surface area (Å²) in [6, 6.07) is 3.40. The van der Waals surface area contributed by atoms with Gasteiger partial charge in [0.2, 0.25) is 0 Å². The molecule has 0 unspecified atom stereocenters. The van der Waals surface area contributed by atoms with E-state index < -0.39 is 0 Å². The molecule has 88 valence electrons. The van der Waals surface area contributed by atoms with Gasteiger partial charge in [-0.2, -0.15) is 0 Å². The molecule has 0 saturated heterocycles. The summed E-state index contributed by atoms with van der Waals surface area (Å²) in [5, 5.41) is 0. The summed E-state index contributed by atoms with van der Waals surface area (Å²) in [6.07, 6.45) is 0. The van der Waals surface area contributed by atoms with E-state index in [2.05, 4.69) is 15.9 Å². The molecule has 0 heterocycles. The second-order valence-corrected chi connectivity index (χ2v) is 4.18. The fraction of sp³-hybridized carbons (Fsp3) is 0.364. The first-order valence-corrected chi connectivity index (χ1v) is 5.57. The third kappa shape index (κ3) is 3.21. The number of rotatable bonds is 5. The Balaban J connectivity index is 2.99. The predicted molar refractivity (Wildman–Crippen MR) is 65.9 cm³/mol. The van der Waals surface area contributed by atoms with Gasteiger partial charge in [-0.15, -0.1) is 0 Å². The van der Waals surface area contributed by atoms with Gasteiger partial charge >= 0.3 is 0 Å². The van der Waals surface area contributed by atoms with Crippen molar-refractivity contribution in [1.29, 1.82) is 0 Å². The minimum absolute atomic E-state index is 0.0829. The molecule has 1 rings (SSSR count). The molecular weight excluding hydrogens is 274 g/mol. The van der Waals surface area contributed by atoms with Gasteiger partial charge in [0.1, 0.15) is 6.61 Å². The molecule has 0 saturated carbocycles. The summed E-state index contributed by atoms with van der Waals surface area (Å²) in [4.78, 5) is 11.4. The number of nitrogens with two attached hydrogens (primary N) is 1. The molecule has 0 radical (unpaired) electrons. The maximum Gasteiger partial charge on any atom is 0.163 e. The summed E-state index contributed by atoms with van der Waals surface area (Å²) in [6.45, 7) is 2.29. The third-order valence-corrected chi connectivity index (χ3v) is 2.45. The van der Waals surface area contributed by atoms with Crippen LogP contribution in [0.15, 0.2) is 16.6 Å². The van der Waals surface area contributed by atoms with Gasteiger partial charge in [-0.3, -0.25) is 4.79 Å². The van der Waals surface area contributed by atoms with Gasteiger partial charge in [-0.05, 0) is 19.1 Å². The van der Waals surface area contributed by atoms with Gasteiger partial charge in [0, 0.05) is 11.6 Å². The van der Waals surface area contributed by atoms with Crippen molar-refractivity contribution in [2.75, 3.05) is 26.1 Å². The van der Waals surface area contributed by atoms with Gasteiger partial charge in [0.15, 0.2) is 11.5 Å². The van der Waals surface area contributed by atoms with Gasteiger partial charge < -0.3 is 15.2 Å². The normalized spacial score (nSPS) is 10.2. The van der Waals surface area contributed by atoms with Crippen LogP contribution in [-0.4, -0.2) is 26.1 Å². The first-order valence-electron chi connectivity index (χ1n) is 4.78. The number of carbonyl (C=O) groups is 1. The molecule has 0 atom stereocenters. The average Bonchev–Trinajstić information content (AvgIpc) is 2.20. The monoisotopic (exact) mass is 287 g/mol. The van der Waals surface area contributed by atoms with Crippen LogP contribution >= 0.6 is 15.9 Å². The van der Waals surface area contributed by atoms with E-state index in [4.69, 9.17) is 15.2 Å². The van der Waals surface area contributed by atoms with E-state index in [9.17, 15) is 4.79 Å². The van der Waals surface area contributed by atoms with Crippen molar-refractivity contribution in [2.45, 2.75) is 6.92 Å². The molecule has 5 heteroatoms. The van der Waals surface area contributed by atoms with Crippen LogP contribution in [0.4, 0.5) is 5.69 Å². The number of ether oxygens (including phenoxy) is 2. The molecule has 0 aliphatic heterocycles. The van der Waals surface area contributed by atoms with Crippen molar-refractivity contribution in [1.82, 2.24) is 0 Å². The van der Waals surface area contributed by atoms with E-state index in [-0.39, 0.29) is 5.78 Å². The summed E-state index contributed by atoms with van der Waals surface area (Å²) in [7, 11) is 1.58. The number of hydrogen-bond acceptors (Lipinski definition) is 4. The molecular formula is C11H14BrNO3. The molecule has 16 heavy (non-hydrogen) atoms. The van der Waals surface area contributed by atoms with Crippen LogP contribution in [0, 0.1) is 0 Å². The van der Waals surface area contributed by atoms with Crippen LogP contribution in [0.1, 0.15) is 17.3 Å². The molecule has 4 nitrogen and oxygen atoms in total. The van der Waals surface area contributed by atoms with Crippen molar-refractivity contribution in [3.63, 3.8) is 0 Å². The highest BCUT2D eigenvalue weighted by atomic mass is 79.9. The Labute approximate surface area is 103 Å². The highest BCUT2D eigenvalue weighted by Crippen LogP contribution is 2.31. The van der Waals surface area contributed by atoms with Crippen molar-refractivity contribution in [2.24, 2.45) is 0 Å². The Bertz CT molecular complexity index is 393. The number of nitrogen functional groups attached to an aromatic ring is 1. The lowest BCUT2D eigenvalue weighted by atomic mass is 10.1. The summed E-state index contributed by atoms with van der Waals surface area (Å²) in [5.74, 6) is 0.341. The average molecular weight is 288 g/mol. The number of benzene rings is 1. The zero-order valence-electron chi connectivity index (χ0n) is 9.25. The standard InChI is InChI=1S/C11H14BrNO3/c1-7(14)9-5-8(12)6-10(13)11(9)16-4-3-15-2/h5-6H,3-4,13H2,1-2H3.